The summed E-state index contributed by atoms with van der Waals surface area (Å²) in [7, 11) is 0. The van der Waals surface area contributed by atoms with Gasteiger partial charge in [0.05, 0.1) is 17.4 Å². The summed E-state index contributed by atoms with van der Waals surface area (Å²) in [5.41, 5.74) is 1.72. The number of aromatic amines is 1. The molecule has 1 aromatic heterocycles. The van der Waals surface area contributed by atoms with E-state index in [2.05, 4.69) is 4.98 Å². The van der Waals surface area contributed by atoms with E-state index < -0.39 is 5.69 Å². The Labute approximate surface area is 155 Å². The molecular weight excluding hydrogens is 340 g/mol. The summed E-state index contributed by atoms with van der Waals surface area (Å²) >= 11 is 0. The van der Waals surface area contributed by atoms with Crippen LogP contribution in [0.15, 0.2) is 88.5 Å². The van der Waals surface area contributed by atoms with Gasteiger partial charge in [0.25, 0.3) is 5.56 Å². The molecule has 0 bridgehead atoms. The fraction of sp³-hybridized carbons (Fsp3) is 0.0909. The Hall–Kier alpha value is -3.60. The zero-order valence-electron chi connectivity index (χ0n) is 14.6. The first-order valence-electron chi connectivity index (χ1n) is 8.68. The molecule has 0 unspecified atom stereocenters. The minimum Gasteiger partial charge on any atom is -0.489 e. The molecule has 0 aliphatic heterocycles. The maximum atomic E-state index is 12.7. The summed E-state index contributed by atoms with van der Waals surface area (Å²) in [4.78, 5) is 27.7. The first-order valence-corrected chi connectivity index (χ1v) is 8.68. The van der Waals surface area contributed by atoms with E-state index in [1.165, 1.54) is 4.57 Å². The Morgan fingerprint density at radius 2 is 1.56 bits per heavy atom. The molecule has 4 aromatic rings. The second-order valence-electron chi connectivity index (χ2n) is 6.29. The highest BCUT2D eigenvalue weighted by Gasteiger charge is 2.08. The fourth-order valence-electron chi connectivity index (χ4n) is 3.00. The topological polar surface area (TPSA) is 64.1 Å². The molecule has 0 fully saturated rings. The van der Waals surface area contributed by atoms with Gasteiger partial charge in [-0.2, -0.15) is 0 Å². The highest BCUT2D eigenvalue weighted by atomic mass is 16.5. The highest BCUT2D eigenvalue weighted by Crippen LogP contribution is 2.16. The van der Waals surface area contributed by atoms with Crippen LogP contribution in [-0.2, 0) is 13.2 Å². The summed E-state index contributed by atoms with van der Waals surface area (Å²) in [5.74, 6) is 0.696. The van der Waals surface area contributed by atoms with Crippen molar-refractivity contribution >= 4 is 10.9 Å². The average molecular weight is 358 g/mol. The van der Waals surface area contributed by atoms with Gasteiger partial charge in [0.1, 0.15) is 12.4 Å². The number of nitrogens with zero attached hydrogens (tertiary/aromatic N) is 1. The zero-order chi connectivity index (χ0) is 18.6. The average Bonchev–Trinajstić information content (AvgIpc) is 2.71. The molecule has 1 heterocycles. The van der Waals surface area contributed by atoms with Crippen molar-refractivity contribution in [2.45, 2.75) is 13.2 Å². The van der Waals surface area contributed by atoms with Crippen molar-refractivity contribution in [2.75, 3.05) is 0 Å². The minimum absolute atomic E-state index is 0.182. The molecule has 27 heavy (non-hydrogen) atoms. The van der Waals surface area contributed by atoms with Gasteiger partial charge in [0.2, 0.25) is 0 Å². The third kappa shape index (κ3) is 3.67. The van der Waals surface area contributed by atoms with E-state index in [4.69, 9.17) is 4.74 Å². The van der Waals surface area contributed by atoms with Crippen LogP contribution in [0.5, 0.6) is 5.75 Å². The lowest BCUT2D eigenvalue weighted by molar-refractivity contribution is 0.306. The Kier molecular flexibility index (Phi) is 4.58. The molecule has 0 saturated carbocycles. The van der Waals surface area contributed by atoms with Crippen LogP contribution in [0, 0.1) is 0 Å². The largest absolute Gasteiger partial charge is 0.489 e. The first-order chi connectivity index (χ1) is 13.2. The Balaban J connectivity index is 1.59. The maximum absolute atomic E-state index is 12.7. The summed E-state index contributed by atoms with van der Waals surface area (Å²) in [6, 6.07) is 24.3. The van der Waals surface area contributed by atoms with Crippen molar-refractivity contribution in [2.24, 2.45) is 0 Å². The number of benzene rings is 3. The molecule has 0 spiro atoms. The van der Waals surface area contributed by atoms with Crippen LogP contribution < -0.4 is 16.0 Å². The van der Waals surface area contributed by atoms with Crippen LogP contribution in [-0.4, -0.2) is 9.55 Å². The molecule has 0 saturated heterocycles. The summed E-state index contributed by atoms with van der Waals surface area (Å²) in [6.07, 6.45) is 0. The van der Waals surface area contributed by atoms with Gasteiger partial charge in [-0.25, -0.2) is 4.79 Å². The van der Waals surface area contributed by atoms with E-state index in [-0.39, 0.29) is 12.1 Å². The predicted octanol–water partition coefficient (Wildman–Crippen LogP) is 3.32. The van der Waals surface area contributed by atoms with Crippen LogP contribution in [0.3, 0.4) is 0 Å². The lowest BCUT2D eigenvalue weighted by Gasteiger charge is -2.10. The Morgan fingerprint density at radius 1 is 0.815 bits per heavy atom. The van der Waals surface area contributed by atoms with Gasteiger partial charge in [-0.05, 0) is 35.4 Å². The molecule has 4 rings (SSSR count). The Morgan fingerprint density at radius 3 is 2.41 bits per heavy atom. The standard InChI is InChI=1S/C22H18N2O3/c25-21-19-11-4-5-12-20(19)23-22(26)24(21)14-17-9-6-10-18(13-17)27-15-16-7-2-1-3-8-16/h1-13H,14-15H2,(H,23,26). The first kappa shape index (κ1) is 16.8. The van der Waals surface area contributed by atoms with E-state index >= 15 is 0 Å². The third-order valence-corrected chi connectivity index (χ3v) is 4.38. The molecule has 0 radical (unpaired) electrons. The molecule has 3 aromatic carbocycles. The van der Waals surface area contributed by atoms with E-state index in [0.29, 0.717) is 23.3 Å². The lowest BCUT2D eigenvalue weighted by Crippen LogP contribution is -2.35. The molecule has 0 aliphatic carbocycles. The van der Waals surface area contributed by atoms with E-state index in [9.17, 15) is 9.59 Å². The van der Waals surface area contributed by atoms with E-state index in [1.54, 1.807) is 24.3 Å². The monoisotopic (exact) mass is 358 g/mol. The van der Waals surface area contributed by atoms with Crippen LogP contribution >= 0.6 is 0 Å². The van der Waals surface area contributed by atoms with Gasteiger partial charge in [-0.1, -0.05) is 54.6 Å². The minimum atomic E-state index is -0.422. The van der Waals surface area contributed by atoms with Crippen LogP contribution in [0.1, 0.15) is 11.1 Å². The number of hydrogen-bond donors (Lipinski definition) is 1. The number of fused-ring (bicyclic) bond motifs is 1. The number of para-hydroxylation sites is 1. The van der Waals surface area contributed by atoms with E-state index in [1.807, 2.05) is 54.6 Å². The van der Waals surface area contributed by atoms with Crippen molar-refractivity contribution in [3.8, 4) is 5.75 Å². The Bertz CT molecular complexity index is 1190. The number of aromatic nitrogens is 2. The van der Waals surface area contributed by atoms with Gasteiger partial charge < -0.3 is 9.72 Å². The molecule has 1 N–H and O–H groups in total. The quantitative estimate of drug-likeness (QED) is 0.595. The zero-order valence-corrected chi connectivity index (χ0v) is 14.6. The smallest absolute Gasteiger partial charge is 0.329 e. The van der Waals surface area contributed by atoms with Gasteiger partial charge in [0, 0.05) is 0 Å². The molecule has 0 aliphatic rings. The van der Waals surface area contributed by atoms with Crippen molar-refractivity contribution in [1.82, 2.24) is 9.55 Å². The number of ether oxygens (including phenoxy) is 1. The van der Waals surface area contributed by atoms with Crippen LogP contribution in [0.2, 0.25) is 0 Å². The van der Waals surface area contributed by atoms with E-state index in [0.717, 1.165) is 11.1 Å². The maximum Gasteiger partial charge on any atom is 0.329 e. The predicted molar refractivity (Wildman–Crippen MR) is 105 cm³/mol. The molecule has 5 nitrogen and oxygen atoms in total. The summed E-state index contributed by atoms with van der Waals surface area (Å²) < 4.78 is 7.03. The van der Waals surface area contributed by atoms with Gasteiger partial charge in [-0.15, -0.1) is 0 Å². The van der Waals surface area contributed by atoms with Crippen molar-refractivity contribution in [1.29, 1.82) is 0 Å². The number of hydrogen-bond acceptors (Lipinski definition) is 3. The number of H-pyrrole nitrogens is 1. The summed E-state index contributed by atoms with van der Waals surface area (Å²) in [6.45, 7) is 0.641. The lowest BCUT2D eigenvalue weighted by atomic mass is 10.2. The van der Waals surface area contributed by atoms with Gasteiger partial charge >= 0.3 is 5.69 Å². The molecular formula is C22H18N2O3. The second-order valence-corrected chi connectivity index (χ2v) is 6.29. The second kappa shape index (κ2) is 7.33. The number of nitrogens with one attached hydrogen (secondary N) is 1. The molecule has 0 amide bonds. The third-order valence-electron chi connectivity index (χ3n) is 4.38. The normalized spacial score (nSPS) is 10.8. The van der Waals surface area contributed by atoms with Gasteiger partial charge in [0.15, 0.2) is 0 Å². The highest BCUT2D eigenvalue weighted by molar-refractivity contribution is 5.76. The van der Waals surface area contributed by atoms with Crippen molar-refractivity contribution in [3.63, 3.8) is 0 Å². The van der Waals surface area contributed by atoms with Crippen LogP contribution in [0.4, 0.5) is 0 Å². The summed E-state index contributed by atoms with van der Waals surface area (Å²) in [5, 5.41) is 0.494. The van der Waals surface area contributed by atoms with Gasteiger partial charge in [-0.3, -0.25) is 9.36 Å². The SMILES string of the molecule is O=c1[nH]c2ccccc2c(=O)n1Cc1cccc(OCc2ccccc2)c1. The van der Waals surface area contributed by atoms with Crippen molar-refractivity contribution in [3.05, 3.63) is 111 Å². The van der Waals surface area contributed by atoms with Crippen molar-refractivity contribution < 1.29 is 4.74 Å². The van der Waals surface area contributed by atoms with Crippen LogP contribution in [0.25, 0.3) is 10.9 Å². The molecule has 5 heteroatoms. The molecule has 134 valence electrons. The number of rotatable bonds is 5. The molecule has 0 atom stereocenters. The fourth-order valence-corrected chi connectivity index (χ4v) is 3.00.